The number of nitrogens with zero attached hydrogens (tertiary/aromatic N) is 1. The summed E-state index contributed by atoms with van der Waals surface area (Å²) >= 11 is 0. The molecule has 162 valence electrons. The van der Waals surface area contributed by atoms with Crippen molar-refractivity contribution in [3.63, 3.8) is 0 Å². The monoisotopic (exact) mass is 439 g/mol. The fourth-order valence-electron chi connectivity index (χ4n) is 2.89. The van der Waals surface area contributed by atoms with Crippen LogP contribution >= 0.6 is 0 Å². The standard InChI is InChI=1S/C23H25N3O4S/c1-4-13-24-22(27)20-6-5-14-25-23(20)30-19-11-9-18(10-12-19)26-31(28,29)21-15-16(2)7-8-17(21)3/h5-12,14-15,26H,4,13H2,1-3H3,(H,24,27). The van der Waals surface area contributed by atoms with Gasteiger partial charge in [-0.2, -0.15) is 0 Å². The lowest BCUT2D eigenvalue weighted by atomic mass is 10.2. The highest BCUT2D eigenvalue weighted by atomic mass is 32.2. The Labute approximate surface area is 182 Å². The molecule has 0 spiro atoms. The molecule has 0 saturated carbocycles. The van der Waals surface area contributed by atoms with Crippen LogP contribution in [0.25, 0.3) is 0 Å². The number of hydrogen-bond donors (Lipinski definition) is 2. The van der Waals surface area contributed by atoms with E-state index in [9.17, 15) is 13.2 Å². The summed E-state index contributed by atoms with van der Waals surface area (Å²) in [6.07, 6.45) is 2.36. The highest BCUT2D eigenvalue weighted by molar-refractivity contribution is 7.92. The Bertz CT molecular complexity index is 1180. The summed E-state index contributed by atoms with van der Waals surface area (Å²) in [5, 5.41) is 2.80. The minimum absolute atomic E-state index is 0.180. The molecule has 0 aliphatic rings. The second-order valence-electron chi connectivity index (χ2n) is 7.11. The predicted octanol–water partition coefficient (Wildman–Crippen LogP) is 4.43. The number of nitrogens with one attached hydrogen (secondary N) is 2. The van der Waals surface area contributed by atoms with Crippen molar-refractivity contribution in [2.75, 3.05) is 11.3 Å². The second-order valence-corrected chi connectivity index (χ2v) is 8.76. The molecule has 0 bridgehead atoms. The molecule has 0 radical (unpaired) electrons. The molecule has 2 N–H and O–H groups in total. The molecule has 0 aliphatic heterocycles. The first-order chi connectivity index (χ1) is 14.8. The van der Waals surface area contributed by atoms with Crippen LogP contribution in [0.15, 0.2) is 65.7 Å². The van der Waals surface area contributed by atoms with Crippen molar-refractivity contribution in [1.82, 2.24) is 10.3 Å². The molecule has 1 aromatic heterocycles. The summed E-state index contributed by atoms with van der Waals surface area (Å²) in [4.78, 5) is 16.7. The number of carbonyl (C=O) groups excluding carboxylic acids is 1. The van der Waals surface area contributed by atoms with Crippen molar-refractivity contribution in [2.45, 2.75) is 32.1 Å². The number of hydrogen-bond acceptors (Lipinski definition) is 5. The van der Waals surface area contributed by atoms with Gasteiger partial charge in [0.15, 0.2) is 0 Å². The van der Waals surface area contributed by atoms with Crippen LogP contribution in [0.2, 0.25) is 0 Å². The van der Waals surface area contributed by atoms with Gasteiger partial charge in [-0.05, 0) is 73.9 Å². The second kappa shape index (κ2) is 9.61. The Morgan fingerprint density at radius 1 is 1.06 bits per heavy atom. The topological polar surface area (TPSA) is 97.4 Å². The summed E-state index contributed by atoms with van der Waals surface area (Å²) in [6.45, 7) is 6.13. The van der Waals surface area contributed by atoms with Gasteiger partial charge < -0.3 is 10.1 Å². The van der Waals surface area contributed by atoms with E-state index in [0.717, 1.165) is 12.0 Å². The fraction of sp³-hybridized carbons (Fsp3) is 0.217. The summed E-state index contributed by atoms with van der Waals surface area (Å²) in [7, 11) is -3.72. The third-order valence-corrected chi connectivity index (χ3v) is 6.03. The summed E-state index contributed by atoms with van der Waals surface area (Å²) in [5.74, 6) is 0.348. The number of anilines is 1. The number of amides is 1. The van der Waals surface area contributed by atoms with Gasteiger partial charge in [-0.25, -0.2) is 13.4 Å². The van der Waals surface area contributed by atoms with Gasteiger partial charge in [-0.3, -0.25) is 9.52 Å². The van der Waals surface area contributed by atoms with E-state index >= 15 is 0 Å². The molecule has 0 aliphatic carbocycles. The first kappa shape index (κ1) is 22.3. The average molecular weight is 440 g/mol. The minimum Gasteiger partial charge on any atom is -0.438 e. The van der Waals surface area contributed by atoms with E-state index in [-0.39, 0.29) is 16.7 Å². The molecule has 2 aromatic carbocycles. The Hall–Kier alpha value is -3.39. The van der Waals surface area contributed by atoms with Crippen molar-refractivity contribution in [1.29, 1.82) is 0 Å². The molecule has 7 nitrogen and oxygen atoms in total. The number of carbonyl (C=O) groups is 1. The molecule has 0 fully saturated rings. The van der Waals surface area contributed by atoms with Crippen LogP contribution in [0.1, 0.15) is 34.8 Å². The van der Waals surface area contributed by atoms with Crippen LogP contribution in [0.5, 0.6) is 11.6 Å². The zero-order valence-electron chi connectivity index (χ0n) is 17.7. The van der Waals surface area contributed by atoms with Crippen molar-refractivity contribution < 1.29 is 17.9 Å². The van der Waals surface area contributed by atoms with E-state index in [2.05, 4.69) is 15.0 Å². The third-order valence-electron chi connectivity index (χ3n) is 4.51. The van der Waals surface area contributed by atoms with Crippen molar-refractivity contribution in [2.24, 2.45) is 0 Å². The Kier molecular flexibility index (Phi) is 6.91. The smallest absolute Gasteiger partial charge is 0.262 e. The number of ether oxygens (including phenoxy) is 1. The highest BCUT2D eigenvalue weighted by Crippen LogP contribution is 2.26. The quantitative estimate of drug-likeness (QED) is 0.541. The fourth-order valence-corrected chi connectivity index (χ4v) is 4.28. The SMILES string of the molecule is CCCNC(=O)c1cccnc1Oc1ccc(NS(=O)(=O)c2cc(C)ccc2C)cc1. The molecule has 8 heteroatoms. The normalized spacial score (nSPS) is 11.1. The lowest BCUT2D eigenvalue weighted by Gasteiger charge is -2.12. The number of rotatable bonds is 8. The number of sulfonamides is 1. The van der Waals surface area contributed by atoms with Crippen LogP contribution in [0.4, 0.5) is 5.69 Å². The third kappa shape index (κ3) is 5.61. The zero-order valence-corrected chi connectivity index (χ0v) is 18.5. The summed E-state index contributed by atoms with van der Waals surface area (Å²) in [5.41, 5.74) is 2.26. The predicted molar refractivity (Wildman–Crippen MR) is 120 cm³/mol. The molecule has 0 saturated heterocycles. The molecule has 1 heterocycles. The largest absolute Gasteiger partial charge is 0.438 e. The minimum atomic E-state index is -3.72. The average Bonchev–Trinajstić information content (AvgIpc) is 2.75. The Morgan fingerprint density at radius 3 is 2.52 bits per heavy atom. The number of aromatic nitrogens is 1. The van der Waals surface area contributed by atoms with Gasteiger partial charge in [-0.15, -0.1) is 0 Å². The molecule has 0 atom stereocenters. The maximum Gasteiger partial charge on any atom is 0.262 e. The van der Waals surface area contributed by atoms with E-state index in [1.807, 2.05) is 19.9 Å². The van der Waals surface area contributed by atoms with Gasteiger partial charge in [0.25, 0.3) is 15.9 Å². The van der Waals surface area contributed by atoms with Crippen molar-refractivity contribution in [3.05, 3.63) is 77.5 Å². The molecule has 31 heavy (non-hydrogen) atoms. The maximum atomic E-state index is 12.8. The lowest BCUT2D eigenvalue weighted by Crippen LogP contribution is -2.24. The van der Waals surface area contributed by atoms with Crippen LogP contribution < -0.4 is 14.8 Å². The van der Waals surface area contributed by atoms with E-state index in [1.54, 1.807) is 61.7 Å². The molecule has 3 aromatic rings. The zero-order chi connectivity index (χ0) is 22.4. The van der Waals surface area contributed by atoms with E-state index < -0.39 is 10.0 Å². The first-order valence-corrected chi connectivity index (χ1v) is 11.4. The molecule has 3 rings (SSSR count). The molecular formula is C23H25N3O4S. The van der Waals surface area contributed by atoms with Crippen molar-refractivity contribution in [3.8, 4) is 11.6 Å². The van der Waals surface area contributed by atoms with Gasteiger partial charge in [0.1, 0.15) is 11.3 Å². The number of benzene rings is 2. The van der Waals surface area contributed by atoms with Gasteiger partial charge in [0, 0.05) is 18.4 Å². The first-order valence-electron chi connectivity index (χ1n) is 9.91. The van der Waals surface area contributed by atoms with Crippen LogP contribution in [0.3, 0.4) is 0 Å². The van der Waals surface area contributed by atoms with Crippen LogP contribution in [-0.4, -0.2) is 25.9 Å². The highest BCUT2D eigenvalue weighted by Gasteiger charge is 2.18. The lowest BCUT2D eigenvalue weighted by molar-refractivity contribution is 0.0950. The van der Waals surface area contributed by atoms with E-state index in [1.165, 1.54) is 0 Å². The van der Waals surface area contributed by atoms with Gasteiger partial charge in [0.05, 0.1) is 4.90 Å². The van der Waals surface area contributed by atoms with Gasteiger partial charge in [0.2, 0.25) is 5.88 Å². The Morgan fingerprint density at radius 2 is 1.81 bits per heavy atom. The Balaban J connectivity index is 1.76. The van der Waals surface area contributed by atoms with E-state index in [4.69, 9.17) is 4.74 Å². The summed E-state index contributed by atoms with van der Waals surface area (Å²) < 4.78 is 33.9. The summed E-state index contributed by atoms with van der Waals surface area (Å²) in [6, 6.07) is 15.0. The molecule has 1 amide bonds. The maximum absolute atomic E-state index is 12.8. The molecular weight excluding hydrogens is 414 g/mol. The van der Waals surface area contributed by atoms with Gasteiger partial charge >= 0.3 is 0 Å². The van der Waals surface area contributed by atoms with Crippen molar-refractivity contribution >= 4 is 21.6 Å². The van der Waals surface area contributed by atoms with Gasteiger partial charge in [-0.1, -0.05) is 19.1 Å². The van der Waals surface area contributed by atoms with E-state index in [0.29, 0.717) is 29.1 Å². The number of pyridine rings is 1. The van der Waals surface area contributed by atoms with Crippen LogP contribution in [-0.2, 0) is 10.0 Å². The van der Waals surface area contributed by atoms with Crippen LogP contribution in [0, 0.1) is 13.8 Å². The number of aryl methyl sites for hydroxylation is 2. The molecule has 0 unspecified atom stereocenters.